The summed E-state index contributed by atoms with van der Waals surface area (Å²) in [6, 6.07) is 13.9. The van der Waals surface area contributed by atoms with Gasteiger partial charge >= 0.3 is 5.97 Å². The van der Waals surface area contributed by atoms with Gasteiger partial charge in [-0.15, -0.1) is 0 Å². The Hall–Kier alpha value is -2.95. The van der Waals surface area contributed by atoms with E-state index in [0.717, 1.165) is 0 Å². The molecule has 0 fully saturated rings. The summed E-state index contributed by atoms with van der Waals surface area (Å²) in [5.41, 5.74) is 2.01. The Bertz CT molecular complexity index is 930. The molecule has 0 radical (unpaired) electrons. The average Bonchev–Trinajstić information content (AvgIpc) is 2.56. The summed E-state index contributed by atoms with van der Waals surface area (Å²) in [4.78, 5) is 28.6. The molecule has 1 aromatic heterocycles. The van der Waals surface area contributed by atoms with Crippen molar-refractivity contribution in [3.8, 4) is 5.75 Å². The molecule has 5 heteroatoms. The van der Waals surface area contributed by atoms with E-state index in [2.05, 4.69) is 4.98 Å². The maximum Gasteiger partial charge on any atom is 0.343 e. The Morgan fingerprint density at radius 2 is 1.91 bits per heavy atom. The fourth-order valence-corrected chi connectivity index (χ4v) is 2.47. The zero-order valence-corrected chi connectivity index (χ0v) is 12.9. The van der Waals surface area contributed by atoms with Crippen molar-refractivity contribution >= 4 is 17.0 Å². The first-order valence-corrected chi connectivity index (χ1v) is 7.38. The number of hydrogen-bond acceptors (Lipinski definition) is 4. The van der Waals surface area contributed by atoms with Crippen LogP contribution in [0.25, 0.3) is 11.0 Å². The first-order chi connectivity index (χ1) is 11.1. The molecule has 0 unspecified atom stereocenters. The third-order valence-electron chi connectivity index (χ3n) is 3.61. The van der Waals surface area contributed by atoms with E-state index in [1.165, 1.54) is 0 Å². The predicted molar refractivity (Wildman–Crippen MR) is 87.8 cm³/mol. The molecule has 0 amide bonds. The minimum Gasteiger partial charge on any atom is -0.423 e. The van der Waals surface area contributed by atoms with Crippen LogP contribution in [0.4, 0.5) is 0 Å². The summed E-state index contributed by atoms with van der Waals surface area (Å²) in [6.45, 7) is 4.12. The Kier molecular flexibility index (Phi) is 3.93. The smallest absolute Gasteiger partial charge is 0.343 e. The van der Waals surface area contributed by atoms with Gasteiger partial charge in [0.1, 0.15) is 11.4 Å². The minimum atomic E-state index is -0.452. The van der Waals surface area contributed by atoms with Crippen molar-refractivity contribution in [2.45, 2.75) is 20.4 Å². The van der Waals surface area contributed by atoms with Gasteiger partial charge in [0.15, 0.2) is 0 Å². The molecule has 0 saturated heterocycles. The van der Waals surface area contributed by atoms with Crippen LogP contribution >= 0.6 is 0 Å². The molecule has 0 spiro atoms. The highest BCUT2D eigenvalue weighted by Gasteiger charge is 2.12. The van der Waals surface area contributed by atoms with Gasteiger partial charge in [-0.1, -0.05) is 18.2 Å². The van der Waals surface area contributed by atoms with Crippen LogP contribution in [0.15, 0.2) is 53.3 Å². The first-order valence-electron chi connectivity index (χ1n) is 7.38. The van der Waals surface area contributed by atoms with Crippen molar-refractivity contribution in [2.24, 2.45) is 0 Å². The summed E-state index contributed by atoms with van der Waals surface area (Å²) < 4.78 is 6.97. The number of carbonyl (C=O) groups is 1. The van der Waals surface area contributed by atoms with Crippen LogP contribution in [0.5, 0.6) is 5.75 Å². The number of rotatable bonds is 3. The van der Waals surface area contributed by atoms with Crippen molar-refractivity contribution < 1.29 is 9.53 Å². The number of aryl methyl sites for hydroxylation is 2. The van der Waals surface area contributed by atoms with E-state index in [0.29, 0.717) is 34.6 Å². The summed E-state index contributed by atoms with van der Waals surface area (Å²) in [5, 5.41) is 0. The molecule has 0 N–H and O–H groups in total. The monoisotopic (exact) mass is 308 g/mol. The fraction of sp³-hybridized carbons (Fsp3) is 0.167. The van der Waals surface area contributed by atoms with Crippen LogP contribution in [-0.4, -0.2) is 15.5 Å². The number of para-hydroxylation sites is 1. The number of hydrogen-bond donors (Lipinski definition) is 0. The van der Waals surface area contributed by atoms with Crippen molar-refractivity contribution in [3.05, 3.63) is 70.1 Å². The van der Waals surface area contributed by atoms with Crippen LogP contribution in [0.1, 0.15) is 23.0 Å². The molecular weight excluding hydrogens is 292 g/mol. The van der Waals surface area contributed by atoms with Crippen molar-refractivity contribution in [1.29, 1.82) is 0 Å². The van der Waals surface area contributed by atoms with Gasteiger partial charge in [-0.25, -0.2) is 9.78 Å². The molecule has 0 atom stereocenters. The quantitative estimate of drug-likeness (QED) is 0.551. The highest BCUT2D eigenvalue weighted by molar-refractivity contribution is 5.94. The van der Waals surface area contributed by atoms with E-state index in [4.69, 9.17) is 4.74 Å². The lowest BCUT2D eigenvalue weighted by molar-refractivity contribution is 0.0735. The van der Waals surface area contributed by atoms with Gasteiger partial charge in [0, 0.05) is 6.54 Å². The van der Waals surface area contributed by atoms with E-state index in [9.17, 15) is 9.59 Å². The Morgan fingerprint density at radius 1 is 1.17 bits per heavy atom. The van der Waals surface area contributed by atoms with E-state index in [-0.39, 0.29) is 5.56 Å². The first kappa shape index (κ1) is 15.0. The van der Waals surface area contributed by atoms with E-state index in [1.54, 1.807) is 54.0 Å². The second kappa shape index (κ2) is 6.04. The molecule has 1 heterocycles. The molecule has 0 aliphatic rings. The highest BCUT2D eigenvalue weighted by Crippen LogP contribution is 2.16. The topological polar surface area (TPSA) is 61.2 Å². The minimum absolute atomic E-state index is 0.111. The molecular formula is C18H16N2O3. The molecule has 116 valence electrons. The number of benzene rings is 2. The third-order valence-corrected chi connectivity index (χ3v) is 3.61. The number of esters is 1. The molecule has 0 aliphatic carbocycles. The SMILES string of the molecule is CCn1c(=O)c(C)nc2cc(C(=O)Oc3ccccc3)ccc21. The number of carbonyl (C=O) groups excluding carboxylic acids is 1. The summed E-state index contributed by atoms with van der Waals surface area (Å²) in [7, 11) is 0. The maximum atomic E-state index is 12.2. The van der Waals surface area contributed by atoms with Crippen LogP contribution < -0.4 is 10.3 Å². The molecule has 23 heavy (non-hydrogen) atoms. The Labute approximate surface area is 133 Å². The standard InChI is InChI=1S/C18H16N2O3/c1-3-20-16-10-9-13(11-15(16)19-12(2)17(20)21)18(22)23-14-7-5-4-6-8-14/h4-11H,3H2,1-2H3. The molecule has 0 aliphatic heterocycles. The molecule has 0 saturated carbocycles. The largest absolute Gasteiger partial charge is 0.423 e. The maximum absolute atomic E-state index is 12.2. The zero-order valence-electron chi connectivity index (χ0n) is 12.9. The summed E-state index contributed by atoms with van der Waals surface area (Å²) in [6.07, 6.45) is 0. The normalized spacial score (nSPS) is 10.7. The molecule has 3 rings (SSSR count). The van der Waals surface area contributed by atoms with Crippen molar-refractivity contribution in [2.75, 3.05) is 0 Å². The van der Waals surface area contributed by atoms with Crippen molar-refractivity contribution in [3.63, 3.8) is 0 Å². The lowest BCUT2D eigenvalue weighted by Gasteiger charge is -2.10. The lowest BCUT2D eigenvalue weighted by Crippen LogP contribution is -2.23. The third kappa shape index (κ3) is 2.85. The molecule has 0 bridgehead atoms. The van der Waals surface area contributed by atoms with Crippen LogP contribution in [-0.2, 0) is 6.54 Å². The number of ether oxygens (including phenoxy) is 1. The van der Waals surface area contributed by atoms with E-state index >= 15 is 0 Å². The second-order valence-corrected chi connectivity index (χ2v) is 5.15. The summed E-state index contributed by atoms with van der Waals surface area (Å²) >= 11 is 0. The van der Waals surface area contributed by atoms with Gasteiger partial charge in [-0.05, 0) is 44.2 Å². The van der Waals surface area contributed by atoms with Crippen LogP contribution in [0.2, 0.25) is 0 Å². The van der Waals surface area contributed by atoms with Gasteiger partial charge in [-0.3, -0.25) is 4.79 Å². The lowest BCUT2D eigenvalue weighted by atomic mass is 10.2. The Balaban J connectivity index is 2.02. The van der Waals surface area contributed by atoms with E-state index < -0.39 is 5.97 Å². The highest BCUT2D eigenvalue weighted by atomic mass is 16.5. The van der Waals surface area contributed by atoms with Gasteiger partial charge in [0.2, 0.25) is 0 Å². The number of nitrogens with zero attached hydrogens (tertiary/aromatic N) is 2. The van der Waals surface area contributed by atoms with Gasteiger partial charge < -0.3 is 9.30 Å². The second-order valence-electron chi connectivity index (χ2n) is 5.15. The predicted octanol–water partition coefficient (Wildman–Crippen LogP) is 2.94. The molecule has 5 nitrogen and oxygen atoms in total. The average molecular weight is 308 g/mol. The fourth-order valence-electron chi connectivity index (χ4n) is 2.47. The Morgan fingerprint density at radius 3 is 2.61 bits per heavy atom. The van der Waals surface area contributed by atoms with Gasteiger partial charge in [-0.2, -0.15) is 0 Å². The van der Waals surface area contributed by atoms with Gasteiger partial charge in [0.25, 0.3) is 5.56 Å². The molecule has 2 aromatic carbocycles. The zero-order chi connectivity index (χ0) is 16.4. The van der Waals surface area contributed by atoms with Crippen LogP contribution in [0, 0.1) is 6.92 Å². The molecule has 3 aromatic rings. The number of aromatic nitrogens is 2. The van der Waals surface area contributed by atoms with Gasteiger partial charge in [0.05, 0.1) is 16.6 Å². The van der Waals surface area contributed by atoms with Crippen LogP contribution in [0.3, 0.4) is 0 Å². The van der Waals surface area contributed by atoms with Crippen molar-refractivity contribution in [1.82, 2.24) is 9.55 Å². The number of fused-ring (bicyclic) bond motifs is 1. The summed E-state index contributed by atoms with van der Waals surface area (Å²) in [5.74, 6) is 0.0343. The van der Waals surface area contributed by atoms with E-state index in [1.807, 2.05) is 13.0 Å².